The third-order valence-corrected chi connectivity index (χ3v) is 2.11. The number of rotatable bonds is 6. The van der Waals surface area contributed by atoms with Crippen molar-refractivity contribution in [1.29, 1.82) is 5.53 Å². The molecule has 0 bridgehead atoms. The van der Waals surface area contributed by atoms with Crippen molar-refractivity contribution in [3.05, 3.63) is 24.2 Å². The fraction of sp³-hybridized carbons (Fsp3) is 0.600. The van der Waals surface area contributed by atoms with Crippen molar-refractivity contribution in [2.45, 2.75) is 38.6 Å². The van der Waals surface area contributed by atoms with Gasteiger partial charge >= 0.3 is 0 Å². The van der Waals surface area contributed by atoms with Gasteiger partial charge in [-0.1, -0.05) is 26.2 Å². The molecule has 1 unspecified atom stereocenters. The lowest BCUT2D eigenvalue weighted by atomic mass is 10.1. The second-order valence-electron chi connectivity index (χ2n) is 3.16. The van der Waals surface area contributed by atoms with E-state index >= 15 is 0 Å². The topological polar surface area (TPSA) is 49.4 Å². The highest BCUT2D eigenvalue weighted by atomic mass is 16.3. The zero-order chi connectivity index (χ0) is 9.52. The predicted octanol–water partition coefficient (Wildman–Crippen LogP) is 3.93. The maximum absolute atomic E-state index is 7.04. The second-order valence-corrected chi connectivity index (χ2v) is 3.16. The van der Waals surface area contributed by atoms with Gasteiger partial charge in [0, 0.05) is 0 Å². The Balaban J connectivity index is 2.40. The first-order valence-corrected chi connectivity index (χ1v) is 4.78. The van der Waals surface area contributed by atoms with Gasteiger partial charge in [-0.3, -0.25) is 0 Å². The van der Waals surface area contributed by atoms with Gasteiger partial charge in [0.25, 0.3) is 0 Å². The highest BCUT2D eigenvalue weighted by Gasteiger charge is 2.11. The largest absolute Gasteiger partial charge is 0.467 e. The molecule has 1 N–H and O–H groups in total. The van der Waals surface area contributed by atoms with Crippen molar-refractivity contribution in [2.75, 3.05) is 0 Å². The molecule has 13 heavy (non-hydrogen) atoms. The molecule has 0 radical (unpaired) electrons. The van der Waals surface area contributed by atoms with Crippen LogP contribution in [0.3, 0.4) is 0 Å². The van der Waals surface area contributed by atoms with Crippen LogP contribution in [0.1, 0.15) is 44.4 Å². The summed E-state index contributed by atoms with van der Waals surface area (Å²) in [5, 5.41) is 3.56. The van der Waals surface area contributed by atoms with Crippen molar-refractivity contribution in [3.8, 4) is 0 Å². The Kier molecular flexibility index (Phi) is 4.23. The van der Waals surface area contributed by atoms with Gasteiger partial charge < -0.3 is 4.42 Å². The summed E-state index contributed by atoms with van der Waals surface area (Å²) in [6.07, 6.45) is 6.07. The average molecular weight is 180 g/mol. The minimum Gasteiger partial charge on any atom is -0.467 e. The van der Waals surface area contributed by atoms with Crippen LogP contribution in [0.2, 0.25) is 0 Å². The molecule has 1 rings (SSSR count). The Morgan fingerprint density at radius 1 is 1.54 bits per heavy atom. The van der Waals surface area contributed by atoms with Crippen LogP contribution in [-0.2, 0) is 0 Å². The van der Waals surface area contributed by atoms with Gasteiger partial charge in [0.15, 0.2) is 0 Å². The molecule has 0 saturated carbocycles. The van der Waals surface area contributed by atoms with Crippen LogP contribution < -0.4 is 0 Å². The summed E-state index contributed by atoms with van der Waals surface area (Å²) in [4.78, 5) is 0. The molecule has 0 aliphatic carbocycles. The summed E-state index contributed by atoms with van der Waals surface area (Å²) >= 11 is 0. The van der Waals surface area contributed by atoms with E-state index in [1.807, 2.05) is 12.1 Å². The molecule has 3 heteroatoms. The fourth-order valence-electron chi connectivity index (χ4n) is 1.34. The monoisotopic (exact) mass is 180 g/mol. The minimum absolute atomic E-state index is 0.0680. The van der Waals surface area contributed by atoms with Crippen molar-refractivity contribution in [2.24, 2.45) is 5.11 Å². The van der Waals surface area contributed by atoms with E-state index in [1.165, 1.54) is 12.8 Å². The molecule has 1 aromatic heterocycles. The molecule has 0 aromatic carbocycles. The van der Waals surface area contributed by atoms with Gasteiger partial charge in [0.2, 0.25) is 0 Å². The molecule has 1 heterocycles. The molecule has 3 nitrogen and oxygen atoms in total. The first-order valence-electron chi connectivity index (χ1n) is 4.78. The first-order chi connectivity index (χ1) is 6.38. The molecular formula is C10H16N2O. The number of hydrogen-bond acceptors (Lipinski definition) is 3. The molecule has 0 saturated heterocycles. The Morgan fingerprint density at radius 3 is 2.92 bits per heavy atom. The smallest absolute Gasteiger partial charge is 0.130 e. The van der Waals surface area contributed by atoms with Crippen LogP contribution >= 0.6 is 0 Å². The number of nitrogens with one attached hydrogen (secondary N) is 1. The molecule has 0 spiro atoms. The van der Waals surface area contributed by atoms with E-state index in [4.69, 9.17) is 9.95 Å². The SMILES string of the molecule is CCCCCC(N=N)c1ccco1. The number of nitrogens with zero attached hydrogens (tertiary/aromatic N) is 1. The van der Waals surface area contributed by atoms with E-state index in [0.717, 1.165) is 18.6 Å². The van der Waals surface area contributed by atoms with Crippen LogP contribution in [0.4, 0.5) is 0 Å². The second kappa shape index (κ2) is 5.51. The third kappa shape index (κ3) is 3.01. The summed E-state index contributed by atoms with van der Waals surface area (Å²) in [6, 6.07) is 3.66. The van der Waals surface area contributed by atoms with E-state index in [2.05, 4.69) is 12.0 Å². The van der Waals surface area contributed by atoms with Gasteiger partial charge in [-0.25, -0.2) is 5.53 Å². The summed E-state index contributed by atoms with van der Waals surface area (Å²) < 4.78 is 5.20. The Hall–Kier alpha value is -1.12. The van der Waals surface area contributed by atoms with E-state index in [0.29, 0.717) is 0 Å². The quantitative estimate of drug-likeness (QED) is 0.523. The van der Waals surface area contributed by atoms with E-state index < -0.39 is 0 Å². The van der Waals surface area contributed by atoms with Crippen molar-refractivity contribution >= 4 is 0 Å². The summed E-state index contributed by atoms with van der Waals surface area (Å²) in [5.74, 6) is 0.811. The summed E-state index contributed by atoms with van der Waals surface area (Å²) in [6.45, 7) is 2.17. The van der Waals surface area contributed by atoms with Crippen LogP contribution in [-0.4, -0.2) is 0 Å². The van der Waals surface area contributed by atoms with Crippen LogP contribution in [0.15, 0.2) is 27.9 Å². The fourth-order valence-corrected chi connectivity index (χ4v) is 1.34. The van der Waals surface area contributed by atoms with Crippen molar-refractivity contribution in [1.82, 2.24) is 0 Å². The molecule has 0 fully saturated rings. The maximum Gasteiger partial charge on any atom is 0.130 e. The van der Waals surface area contributed by atoms with Crippen LogP contribution in [0.25, 0.3) is 0 Å². The van der Waals surface area contributed by atoms with Gasteiger partial charge in [0.05, 0.1) is 6.26 Å². The van der Waals surface area contributed by atoms with E-state index in [1.54, 1.807) is 6.26 Å². The highest BCUT2D eigenvalue weighted by Crippen LogP contribution is 2.23. The van der Waals surface area contributed by atoms with Gasteiger partial charge in [-0.15, -0.1) is 0 Å². The Bertz CT molecular complexity index is 231. The zero-order valence-electron chi connectivity index (χ0n) is 7.99. The molecule has 0 aliphatic heterocycles. The molecular weight excluding hydrogens is 164 g/mol. The first kappa shape index (κ1) is 9.96. The number of hydrogen-bond donors (Lipinski definition) is 1. The van der Waals surface area contributed by atoms with Crippen molar-refractivity contribution in [3.63, 3.8) is 0 Å². The minimum atomic E-state index is -0.0680. The van der Waals surface area contributed by atoms with E-state index in [9.17, 15) is 0 Å². The normalized spacial score (nSPS) is 12.7. The number of furan rings is 1. The third-order valence-electron chi connectivity index (χ3n) is 2.11. The Morgan fingerprint density at radius 2 is 2.38 bits per heavy atom. The lowest BCUT2D eigenvalue weighted by Gasteiger charge is -2.06. The average Bonchev–Trinajstić information content (AvgIpc) is 2.65. The van der Waals surface area contributed by atoms with Crippen molar-refractivity contribution < 1.29 is 4.42 Å². The van der Waals surface area contributed by atoms with Gasteiger partial charge in [-0.05, 0) is 18.6 Å². The van der Waals surface area contributed by atoms with Gasteiger partial charge in [0.1, 0.15) is 11.8 Å². The molecule has 0 amide bonds. The lowest BCUT2D eigenvalue weighted by Crippen LogP contribution is -1.92. The van der Waals surface area contributed by atoms with Gasteiger partial charge in [-0.2, -0.15) is 5.11 Å². The number of unbranched alkanes of at least 4 members (excludes halogenated alkanes) is 2. The predicted molar refractivity (Wildman–Crippen MR) is 50.7 cm³/mol. The van der Waals surface area contributed by atoms with E-state index in [-0.39, 0.29) is 6.04 Å². The molecule has 0 aliphatic rings. The summed E-state index contributed by atoms with van der Waals surface area (Å²) in [7, 11) is 0. The molecule has 1 atom stereocenters. The van der Waals surface area contributed by atoms with Crippen LogP contribution in [0.5, 0.6) is 0 Å². The Labute approximate surface area is 78.7 Å². The maximum atomic E-state index is 7.04. The lowest BCUT2D eigenvalue weighted by molar-refractivity contribution is 0.430. The standard InChI is InChI=1S/C10H16N2O/c1-2-3-4-6-9(12-11)10-7-5-8-13-10/h5,7-9,11H,2-4,6H2,1H3. The molecule has 1 aromatic rings. The zero-order valence-corrected chi connectivity index (χ0v) is 7.99. The summed E-state index contributed by atoms with van der Waals surface area (Å²) in [5.41, 5.74) is 7.04. The van der Waals surface area contributed by atoms with Crippen LogP contribution in [0, 0.1) is 5.53 Å². The highest BCUT2D eigenvalue weighted by molar-refractivity contribution is 5.03. The molecule has 72 valence electrons.